The van der Waals surface area contributed by atoms with E-state index in [1.165, 1.54) is 22.4 Å². The minimum absolute atomic E-state index is 0.282. The number of fused-ring (bicyclic) bond motifs is 1. The average Bonchev–Trinajstić information content (AvgIpc) is 3.22. The number of aryl methyl sites for hydroxylation is 1. The Morgan fingerprint density at radius 3 is 2.72 bits per heavy atom. The van der Waals surface area contributed by atoms with Gasteiger partial charge >= 0.3 is 6.01 Å². The minimum Gasteiger partial charge on any atom is -0.481 e. The van der Waals surface area contributed by atoms with Crippen molar-refractivity contribution in [2.75, 3.05) is 45.8 Å². The van der Waals surface area contributed by atoms with E-state index in [-0.39, 0.29) is 6.04 Å². The number of hydrogen-bond acceptors (Lipinski definition) is 8. The predicted octanol–water partition coefficient (Wildman–Crippen LogP) is 4.50. The molecule has 206 valence electrons. The fourth-order valence-electron chi connectivity index (χ4n) is 5.67. The van der Waals surface area contributed by atoms with Crippen LogP contribution in [0.4, 0.5) is 5.82 Å². The van der Waals surface area contributed by atoms with Crippen LogP contribution in [-0.4, -0.2) is 60.8 Å². The first-order valence-corrected chi connectivity index (χ1v) is 14.0. The lowest BCUT2D eigenvalue weighted by Gasteiger charge is -2.37. The summed E-state index contributed by atoms with van der Waals surface area (Å²) in [5.74, 6) is 1.62. The zero-order valence-corrected chi connectivity index (χ0v) is 23.6. The van der Waals surface area contributed by atoms with Crippen LogP contribution >= 0.6 is 0 Å². The van der Waals surface area contributed by atoms with E-state index in [1.54, 1.807) is 14.2 Å². The van der Waals surface area contributed by atoms with Crippen LogP contribution in [0.25, 0.3) is 0 Å². The molecule has 8 heteroatoms. The molecule has 1 saturated heterocycles. The Kier molecular flexibility index (Phi) is 8.61. The number of likely N-dealkylation sites (N-methyl/N-ethyl adjacent to an activating group) is 1. The van der Waals surface area contributed by atoms with Crippen molar-refractivity contribution in [3.63, 3.8) is 0 Å². The second-order valence-corrected chi connectivity index (χ2v) is 10.3. The zero-order valence-electron chi connectivity index (χ0n) is 23.6. The number of nitrogens with one attached hydrogen (secondary N) is 1. The lowest BCUT2D eigenvalue weighted by atomic mass is 9.89. The maximum absolute atomic E-state index is 5.61. The standard InChI is InChI=1S/C31H40N6O2/c1-5-10-22-11-6-7-13-25(22)28-19-27-26(21-36(28)2)30(35-31(34-27)39-4)37-18-9-17-32-24(20-37)16-15-23-12-8-14-29(33-23)38-3/h6-8,11-14,16,28,32H,5,9-10,15,17-21H2,1-4H3/b24-16-. The van der Waals surface area contributed by atoms with E-state index < -0.39 is 0 Å². The molecule has 2 aliphatic heterocycles. The summed E-state index contributed by atoms with van der Waals surface area (Å²) in [6.07, 6.45) is 7.06. The Hall–Kier alpha value is -3.65. The number of hydrogen-bond donors (Lipinski definition) is 1. The highest BCUT2D eigenvalue weighted by Crippen LogP contribution is 2.37. The van der Waals surface area contributed by atoms with Gasteiger partial charge < -0.3 is 19.7 Å². The summed E-state index contributed by atoms with van der Waals surface area (Å²) >= 11 is 0. The van der Waals surface area contributed by atoms with Crippen LogP contribution in [0.1, 0.15) is 53.9 Å². The molecule has 2 aromatic heterocycles. The third kappa shape index (κ3) is 6.17. The summed E-state index contributed by atoms with van der Waals surface area (Å²) < 4.78 is 10.9. The molecule has 1 atom stereocenters. The molecule has 3 aromatic rings. The lowest BCUT2D eigenvalue weighted by molar-refractivity contribution is 0.212. The van der Waals surface area contributed by atoms with E-state index in [0.717, 1.165) is 75.5 Å². The Labute approximate surface area is 232 Å². The summed E-state index contributed by atoms with van der Waals surface area (Å²) in [6.45, 7) is 5.64. The molecule has 8 nitrogen and oxygen atoms in total. The van der Waals surface area contributed by atoms with Gasteiger partial charge in [0.2, 0.25) is 5.88 Å². The number of aromatic nitrogens is 3. The summed E-state index contributed by atoms with van der Waals surface area (Å²) in [5.41, 5.74) is 7.30. The highest BCUT2D eigenvalue weighted by molar-refractivity contribution is 5.53. The van der Waals surface area contributed by atoms with Gasteiger partial charge in [-0.05, 0) is 37.1 Å². The van der Waals surface area contributed by atoms with Crippen LogP contribution in [0.15, 0.2) is 54.2 Å². The quantitative estimate of drug-likeness (QED) is 0.458. The Bertz CT molecular complexity index is 1310. The maximum atomic E-state index is 5.61. The molecule has 1 aromatic carbocycles. The summed E-state index contributed by atoms with van der Waals surface area (Å²) in [6, 6.07) is 15.5. The monoisotopic (exact) mass is 528 g/mol. The summed E-state index contributed by atoms with van der Waals surface area (Å²) in [5, 5.41) is 3.62. The van der Waals surface area contributed by atoms with Gasteiger partial charge in [-0.15, -0.1) is 0 Å². The van der Waals surface area contributed by atoms with E-state index in [0.29, 0.717) is 11.9 Å². The van der Waals surface area contributed by atoms with Gasteiger partial charge in [0.05, 0.1) is 26.5 Å². The van der Waals surface area contributed by atoms with Gasteiger partial charge in [0, 0.05) is 61.5 Å². The average molecular weight is 529 g/mol. The van der Waals surface area contributed by atoms with Crippen molar-refractivity contribution in [1.82, 2.24) is 25.2 Å². The number of rotatable bonds is 8. The van der Waals surface area contributed by atoms with Gasteiger partial charge in [-0.2, -0.15) is 9.97 Å². The second kappa shape index (κ2) is 12.5. The Morgan fingerprint density at radius 1 is 1.03 bits per heavy atom. The number of pyridine rings is 1. The van der Waals surface area contributed by atoms with Crippen molar-refractivity contribution in [3.8, 4) is 11.9 Å². The topological polar surface area (TPSA) is 75.6 Å². The van der Waals surface area contributed by atoms with Gasteiger partial charge in [0.1, 0.15) is 5.82 Å². The van der Waals surface area contributed by atoms with Crippen molar-refractivity contribution in [1.29, 1.82) is 0 Å². The second-order valence-electron chi connectivity index (χ2n) is 10.3. The number of methoxy groups -OCH3 is 2. The van der Waals surface area contributed by atoms with Crippen LogP contribution in [-0.2, 0) is 25.8 Å². The number of benzene rings is 1. The first-order chi connectivity index (χ1) is 19.1. The molecule has 4 heterocycles. The van der Waals surface area contributed by atoms with Crippen LogP contribution < -0.4 is 19.7 Å². The van der Waals surface area contributed by atoms with Crippen molar-refractivity contribution in [3.05, 3.63) is 82.3 Å². The predicted molar refractivity (Wildman–Crippen MR) is 154 cm³/mol. The summed E-state index contributed by atoms with van der Waals surface area (Å²) in [4.78, 5) is 19.2. The van der Waals surface area contributed by atoms with Crippen molar-refractivity contribution in [2.45, 2.75) is 51.6 Å². The number of allylic oxidation sites excluding steroid dienone is 1. The van der Waals surface area contributed by atoms with E-state index in [4.69, 9.17) is 19.4 Å². The fraction of sp³-hybridized carbons (Fsp3) is 0.452. The molecule has 5 rings (SSSR count). The molecule has 0 bridgehead atoms. The van der Waals surface area contributed by atoms with Gasteiger partial charge in [-0.25, -0.2) is 4.98 Å². The molecule has 0 radical (unpaired) electrons. The van der Waals surface area contributed by atoms with E-state index in [2.05, 4.69) is 64.4 Å². The highest BCUT2D eigenvalue weighted by atomic mass is 16.5. The molecule has 0 amide bonds. The molecular formula is C31H40N6O2. The SMILES string of the molecule is CCCc1ccccc1C1Cc2nc(OC)nc(N3CCCN/C(=C\Cc4cccc(OC)n4)C3)c2CN1C. The molecule has 0 aliphatic carbocycles. The van der Waals surface area contributed by atoms with Gasteiger partial charge in [-0.3, -0.25) is 4.90 Å². The van der Waals surface area contributed by atoms with Gasteiger partial charge in [0.25, 0.3) is 0 Å². The van der Waals surface area contributed by atoms with Crippen molar-refractivity contribution < 1.29 is 9.47 Å². The van der Waals surface area contributed by atoms with E-state index >= 15 is 0 Å². The zero-order chi connectivity index (χ0) is 27.2. The number of anilines is 1. The number of nitrogens with zero attached hydrogens (tertiary/aromatic N) is 5. The number of ether oxygens (including phenoxy) is 2. The van der Waals surface area contributed by atoms with E-state index in [9.17, 15) is 0 Å². The summed E-state index contributed by atoms with van der Waals surface area (Å²) in [7, 11) is 5.53. The molecule has 1 N–H and O–H groups in total. The normalized spacial score (nSPS) is 18.8. The van der Waals surface area contributed by atoms with Crippen molar-refractivity contribution >= 4 is 5.82 Å². The van der Waals surface area contributed by atoms with Crippen LogP contribution in [0.3, 0.4) is 0 Å². The molecular weight excluding hydrogens is 488 g/mol. The molecule has 1 unspecified atom stereocenters. The minimum atomic E-state index is 0.282. The third-order valence-electron chi connectivity index (χ3n) is 7.66. The fourth-order valence-corrected chi connectivity index (χ4v) is 5.67. The molecule has 39 heavy (non-hydrogen) atoms. The molecule has 1 fully saturated rings. The first kappa shape index (κ1) is 26.9. The Balaban J connectivity index is 1.43. The lowest BCUT2D eigenvalue weighted by Crippen LogP contribution is -2.36. The smallest absolute Gasteiger partial charge is 0.318 e. The molecule has 0 spiro atoms. The first-order valence-electron chi connectivity index (χ1n) is 14.0. The van der Waals surface area contributed by atoms with Crippen LogP contribution in [0, 0.1) is 0 Å². The third-order valence-corrected chi connectivity index (χ3v) is 7.66. The Morgan fingerprint density at radius 2 is 1.90 bits per heavy atom. The van der Waals surface area contributed by atoms with E-state index in [1.807, 2.05) is 18.2 Å². The van der Waals surface area contributed by atoms with Gasteiger partial charge in [0.15, 0.2) is 0 Å². The van der Waals surface area contributed by atoms with Gasteiger partial charge in [-0.1, -0.05) is 49.8 Å². The molecule has 0 saturated carbocycles. The van der Waals surface area contributed by atoms with Crippen molar-refractivity contribution in [2.24, 2.45) is 0 Å². The largest absolute Gasteiger partial charge is 0.481 e. The highest BCUT2D eigenvalue weighted by Gasteiger charge is 2.32. The van der Waals surface area contributed by atoms with Crippen LogP contribution in [0.5, 0.6) is 11.9 Å². The molecule has 2 aliphatic rings. The maximum Gasteiger partial charge on any atom is 0.318 e. The van der Waals surface area contributed by atoms with Crippen LogP contribution in [0.2, 0.25) is 0 Å².